The molecule has 3 aromatic heterocycles. The number of hydrogen-bond donors (Lipinski definition) is 2. The van der Waals surface area contributed by atoms with Crippen LogP contribution in [-0.2, 0) is 4.74 Å². The van der Waals surface area contributed by atoms with E-state index in [9.17, 15) is 5.11 Å². The highest BCUT2D eigenvalue weighted by Crippen LogP contribution is 2.32. The van der Waals surface area contributed by atoms with Crippen molar-refractivity contribution >= 4 is 22.8 Å². The molecule has 2 aromatic carbocycles. The fourth-order valence-corrected chi connectivity index (χ4v) is 4.92. The molecule has 0 unspecified atom stereocenters. The largest absolute Gasteiger partial charge is 0.459 e. The van der Waals surface area contributed by atoms with Crippen molar-refractivity contribution in [3.8, 4) is 34.1 Å². The molecular formula is C28H26ClN5O3. The number of fused-ring (bicyclic) bond motifs is 1. The fraction of sp³-hybridized carbons (Fsp3) is 0.250. The number of nitrogens with one attached hydrogen (secondary N) is 1. The van der Waals surface area contributed by atoms with E-state index in [0.717, 1.165) is 28.8 Å². The molecule has 0 bridgehead atoms. The van der Waals surface area contributed by atoms with E-state index in [1.807, 2.05) is 48.1 Å². The zero-order chi connectivity index (χ0) is 25.4. The summed E-state index contributed by atoms with van der Waals surface area (Å²) in [5.41, 5.74) is 5.93. The third-order valence-electron chi connectivity index (χ3n) is 6.64. The summed E-state index contributed by atoms with van der Waals surface area (Å²) >= 11 is 6.60. The summed E-state index contributed by atoms with van der Waals surface area (Å²) in [5, 5.41) is 15.0. The fourth-order valence-electron chi connectivity index (χ4n) is 4.66. The lowest BCUT2D eigenvalue weighted by atomic mass is 10.0. The number of hydrogen-bond acceptors (Lipinski definition) is 6. The molecule has 0 amide bonds. The van der Waals surface area contributed by atoms with Crippen LogP contribution in [0.5, 0.6) is 6.01 Å². The van der Waals surface area contributed by atoms with Crippen LogP contribution in [-0.4, -0.2) is 54.8 Å². The van der Waals surface area contributed by atoms with Gasteiger partial charge in [0.05, 0.1) is 40.7 Å². The smallest absolute Gasteiger partial charge is 0.296 e. The summed E-state index contributed by atoms with van der Waals surface area (Å²) in [7, 11) is 0. The number of aromatic nitrogens is 5. The van der Waals surface area contributed by atoms with Crippen LogP contribution in [0.4, 0.5) is 0 Å². The standard InChI is InChI=1S/C28H26ClN5O3/c1-2-25-24(35)14-21(16-36-25)37-28-31-23-15-22(29)26(32-27(23)33-28)19-6-4-17(5-7-19)18-8-10-20(11-9-18)34-13-3-12-30-34/h3-13,15,21,24-25,35H,2,14,16H2,1H3,(H,31,32,33)/t21-,24+,25-/m1/s1. The monoisotopic (exact) mass is 515 g/mol. The molecule has 1 aliphatic heterocycles. The molecule has 8 nitrogen and oxygen atoms in total. The van der Waals surface area contributed by atoms with Crippen molar-refractivity contribution < 1.29 is 14.6 Å². The molecule has 4 heterocycles. The van der Waals surface area contributed by atoms with Gasteiger partial charge in [-0.25, -0.2) is 9.67 Å². The number of aliphatic hydroxyl groups is 1. The van der Waals surface area contributed by atoms with E-state index in [0.29, 0.717) is 40.9 Å². The van der Waals surface area contributed by atoms with Crippen molar-refractivity contribution in [2.75, 3.05) is 6.61 Å². The molecule has 2 N–H and O–H groups in total. The van der Waals surface area contributed by atoms with Gasteiger partial charge in [0, 0.05) is 24.4 Å². The Labute approximate surface area is 218 Å². The number of nitrogens with zero attached hydrogens (tertiary/aromatic N) is 4. The average molecular weight is 516 g/mol. The van der Waals surface area contributed by atoms with Gasteiger partial charge in [-0.05, 0) is 41.8 Å². The third kappa shape index (κ3) is 4.83. The van der Waals surface area contributed by atoms with Crippen LogP contribution in [0.3, 0.4) is 0 Å². The Hall–Kier alpha value is -3.72. The predicted molar refractivity (Wildman–Crippen MR) is 142 cm³/mol. The number of aliphatic hydroxyl groups excluding tert-OH is 1. The van der Waals surface area contributed by atoms with Crippen LogP contribution in [0.1, 0.15) is 19.8 Å². The van der Waals surface area contributed by atoms with E-state index in [-0.39, 0.29) is 12.2 Å². The van der Waals surface area contributed by atoms with Gasteiger partial charge in [-0.2, -0.15) is 10.1 Å². The molecule has 1 fully saturated rings. The first-order valence-corrected chi connectivity index (χ1v) is 12.7. The average Bonchev–Trinajstić information content (AvgIpc) is 3.59. The molecule has 5 aromatic rings. The molecule has 37 heavy (non-hydrogen) atoms. The Morgan fingerprint density at radius 1 is 1.08 bits per heavy atom. The number of imidazole rings is 1. The lowest BCUT2D eigenvalue weighted by molar-refractivity contribution is -0.118. The van der Waals surface area contributed by atoms with E-state index < -0.39 is 6.10 Å². The molecule has 0 radical (unpaired) electrons. The SMILES string of the molecule is CC[C@H]1OC[C@H](Oc2nc3nc(-c4ccc(-c5ccc(-n6cccn6)cc5)cc4)c(Cl)cc3[nH]2)C[C@@H]1O. The Balaban J connectivity index is 1.20. The van der Waals surface area contributed by atoms with Crippen molar-refractivity contribution in [3.63, 3.8) is 0 Å². The topological polar surface area (TPSA) is 98.1 Å². The van der Waals surface area contributed by atoms with Crippen LogP contribution >= 0.6 is 11.6 Å². The first-order chi connectivity index (χ1) is 18.1. The second kappa shape index (κ2) is 9.97. The number of rotatable bonds is 6. The van der Waals surface area contributed by atoms with Gasteiger partial charge in [0.15, 0.2) is 5.65 Å². The van der Waals surface area contributed by atoms with Crippen LogP contribution in [0.2, 0.25) is 5.02 Å². The maximum absolute atomic E-state index is 10.2. The number of H-pyrrole nitrogens is 1. The van der Waals surface area contributed by atoms with Crippen molar-refractivity contribution in [3.05, 3.63) is 78.1 Å². The van der Waals surface area contributed by atoms with Gasteiger partial charge < -0.3 is 19.6 Å². The van der Waals surface area contributed by atoms with Crippen LogP contribution in [0.25, 0.3) is 39.2 Å². The van der Waals surface area contributed by atoms with Crippen molar-refractivity contribution in [1.29, 1.82) is 0 Å². The van der Waals surface area contributed by atoms with E-state index in [1.54, 1.807) is 12.3 Å². The van der Waals surface area contributed by atoms with E-state index in [4.69, 9.17) is 26.1 Å². The summed E-state index contributed by atoms with van der Waals surface area (Å²) in [5.74, 6) is 0. The highest BCUT2D eigenvalue weighted by atomic mass is 35.5. The van der Waals surface area contributed by atoms with Gasteiger partial charge in [0.25, 0.3) is 6.01 Å². The Morgan fingerprint density at radius 3 is 2.49 bits per heavy atom. The maximum atomic E-state index is 10.2. The Bertz CT molecular complexity index is 1500. The van der Waals surface area contributed by atoms with Crippen molar-refractivity contribution in [1.82, 2.24) is 24.7 Å². The normalized spacial score (nSPS) is 19.8. The molecule has 9 heteroatoms. The molecule has 188 valence electrons. The molecule has 0 aliphatic carbocycles. The maximum Gasteiger partial charge on any atom is 0.296 e. The minimum atomic E-state index is -0.551. The van der Waals surface area contributed by atoms with Crippen LogP contribution in [0.15, 0.2) is 73.1 Å². The minimum absolute atomic E-state index is 0.147. The van der Waals surface area contributed by atoms with Gasteiger partial charge in [0.2, 0.25) is 0 Å². The molecule has 1 aliphatic rings. The van der Waals surface area contributed by atoms with Gasteiger partial charge in [-0.15, -0.1) is 0 Å². The van der Waals surface area contributed by atoms with E-state index in [2.05, 4.69) is 39.3 Å². The zero-order valence-electron chi connectivity index (χ0n) is 20.2. The number of ether oxygens (including phenoxy) is 2. The molecule has 6 rings (SSSR count). The van der Waals surface area contributed by atoms with E-state index in [1.165, 1.54) is 0 Å². The Kier molecular flexibility index (Phi) is 6.38. The van der Waals surface area contributed by atoms with Gasteiger partial charge >= 0.3 is 0 Å². The second-order valence-corrected chi connectivity index (χ2v) is 9.54. The molecule has 1 saturated heterocycles. The first kappa shape index (κ1) is 23.7. The number of aromatic amines is 1. The molecule has 0 spiro atoms. The van der Waals surface area contributed by atoms with Crippen molar-refractivity contribution in [2.24, 2.45) is 0 Å². The quantitative estimate of drug-likeness (QED) is 0.312. The number of halogens is 1. The van der Waals surface area contributed by atoms with E-state index >= 15 is 0 Å². The lowest BCUT2D eigenvalue weighted by Gasteiger charge is -2.32. The molecule has 0 saturated carbocycles. The highest BCUT2D eigenvalue weighted by Gasteiger charge is 2.30. The first-order valence-electron chi connectivity index (χ1n) is 12.3. The van der Waals surface area contributed by atoms with Gasteiger partial charge in [-0.3, -0.25) is 0 Å². The van der Waals surface area contributed by atoms with Crippen LogP contribution < -0.4 is 4.74 Å². The highest BCUT2D eigenvalue weighted by molar-refractivity contribution is 6.33. The van der Waals surface area contributed by atoms with Crippen LogP contribution in [0, 0.1) is 0 Å². The zero-order valence-corrected chi connectivity index (χ0v) is 21.0. The summed E-state index contributed by atoms with van der Waals surface area (Å²) < 4.78 is 13.5. The summed E-state index contributed by atoms with van der Waals surface area (Å²) in [4.78, 5) is 12.3. The Morgan fingerprint density at radius 2 is 1.81 bits per heavy atom. The summed E-state index contributed by atoms with van der Waals surface area (Å²) in [6, 6.07) is 20.4. The predicted octanol–water partition coefficient (Wildman–Crippen LogP) is 5.44. The summed E-state index contributed by atoms with van der Waals surface area (Å²) in [6.07, 6.45) is 3.96. The van der Waals surface area contributed by atoms with Gasteiger partial charge in [-0.1, -0.05) is 54.9 Å². The van der Waals surface area contributed by atoms with Crippen molar-refractivity contribution in [2.45, 2.75) is 38.1 Å². The molecule has 3 atom stereocenters. The number of benzene rings is 2. The summed E-state index contributed by atoms with van der Waals surface area (Å²) in [6.45, 7) is 2.40. The lowest BCUT2D eigenvalue weighted by Crippen LogP contribution is -2.43. The van der Waals surface area contributed by atoms with Gasteiger partial charge in [0.1, 0.15) is 6.10 Å². The molecular weight excluding hydrogens is 490 g/mol. The minimum Gasteiger partial charge on any atom is -0.459 e. The third-order valence-corrected chi connectivity index (χ3v) is 6.93. The number of pyridine rings is 1. The second-order valence-electron chi connectivity index (χ2n) is 9.13.